The molecule has 43 heavy (non-hydrogen) atoms. The number of rotatable bonds is 11. The Hall–Kier alpha value is -4.42. The zero-order valence-electron chi connectivity index (χ0n) is 24.2. The van der Waals surface area contributed by atoms with Crippen LogP contribution in [0.4, 0.5) is 0 Å². The normalized spacial score (nSPS) is 12.4. The molecule has 0 aliphatic carbocycles. The standard InChI is InChI=1S/C35H34N2O4S2/c1-4-26-36(42(38,39)33-21-17-29(2)18-22-33)28-25-35(32-15-9-6-10-16-32)37(27-11-14-31-12-7-5-8-13-31)43(40,41)34-23-19-30(3)20-24-34/h4-24,35H,1,26-27H2,2-3H3/b14-11+. The molecule has 4 aromatic rings. The van der Waals surface area contributed by atoms with E-state index in [4.69, 9.17) is 0 Å². The summed E-state index contributed by atoms with van der Waals surface area (Å²) in [5, 5.41) is 0. The summed E-state index contributed by atoms with van der Waals surface area (Å²) in [7, 11) is -8.10. The topological polar surface area (TPSA) is 74.8 Å². The Balaban J connectivity index is 1.84. The van der Waals surface area contributed by atoms with Gasteiger partial charge in [0.1, 0.15) is 6.04 Å². The molecular formula is C35H34N2O4S2. The van der Waals surface area contributed by atoms with Crippen LogP contribution >= 0.6 is 0 Å². The molecule has 0 aliphatic rings. The third-order valence-corrected chi connectivity index (χ3v) is 10.2. The summed E-state index contributed by atoms with van der Waals surface area (Å²) in [5.74, 6) is 3.01. The lowest BCUT2D eigenvalue weighted by Crippen LogP contribution is -2.35. The van der Waals surface area contributed by atoms with Crippen molar-refractivity contribution in [1.29, 1.82) is 0 Å². The lowest BCUT2D eigenvalue weighted by Gasteiger charge is -2.27. The van der Waals surface area contributed by atoms with Crippen LogP contribution in [0.25, 0.3) is 6.08 Å². The maximum absolute atomic E-state index is 14.2. The molecule has 1 atom stereocenters. The summed E-state index contributed by atoms with van der Waals surface area (Å²) < 4.78 is 57.8. The van der Waals surface area contributed by atoms with Crippen LogP contribution in [0.15, 0.2) is 138 Å². The van der Waals surface area contributed by atoms with Gasteiger partial charge in [-0.2, -0.15) is 4.31 Å². The highest BCUT2D eigenvalue weighted by molar-refractivity contribution is 7.89. The maximum Gasteiger partial charge on any atom is 0.271 e. The van der Waals surface area contributed by atoms with Gasteiger partial charge in [0.25, 0.3) is 10.0 Å². The fourth-order valence-corrected chi connectivity index (χ4v) is 6.99. The highest BCUT2D eigenvalue weighted by atomic mass is 32.2. The van der Waals surface area contributed by atoms with Crippen LogP contribution in [0.3, 0.4) is 0 Å². The average molecular weight is 611 g/mol. The highest BCUT2D eigenvalue weighted by Gasteiger charge is 2.31. The molecule has 0 aliphatic heterocycles. The van der Waals surface area contributed by atoms with Gasteiger partial charge in [0.15, 0.2) is 0 Å². The maximum atomic E-state index is 14.2. The zero-order chi connectivity index (χ0) is 30.9. The molecule has 0 heterocycles. The molecule has 220 valence electrons. The minimum absolute atomic E-state index is 0.00842. The van der Waals surface area contributed by atoms with E-state index in [0.717, 1.165) is 21.0 Å². The predicted octanol–water partition coefficient (Wildman–Crippen LogP) is 6.59. The van der Waals surface area contributed by atoms with Gasteiger partial charge in [0, 0.05) is 12.6 Å². The molecule has 6 nitrogen and oxygen atoms in total. The van der Waals surface area contributed by atoms with E-state index in [2.05, 4.69) is 18.5 Å². The molecule has 4 rings (SSSR count). The minimum atomic E-state index is -4.08. The lowest BCUT2D eigenvalue weighted by atomic mass is 10.1. The summed E-state index contributed by atoms with van der Waals surface area (Å²) in [5.41, 5.74) is 3.36. The van der Waals surface area contributed by atoms with Gasteiger partial charge >= 0.3 is 0 Å². The van der Waals surface area contributed by atoms with E-state index >= 15 is 0 Å². The molecule has 0 bridgehead atoms. The molecule has 0 saturated heterocycles. The molecule has 0 N–H and O–H groups in total. The third-order valence-electron chi connectivity index (χ3n) is 6.66. The Morgan fingerprint density at radius 3 is 1.74 bits per heavy atom. The van der Waals surface area contributed by atoms with Gasteiger partial charge in [0.2, 0.25) is 10.0 Å². The first-order valence-corrected chi connectivity index (χ1v) is 16.6. The van der Waals surface area contributed by atoms with E-state index in [1.54, 1.807) is 66.7 Å². The largest absolute Gasteiger partial charge is 0.271 e. The van der Waals surface area contributed by atoms with Gasteiger partial charge in [-0.1, -0.05) is 120 Å². The quantitative estimate of drug-likeness (QED) is 0.109. The highest BCUT2D eigenvalue weighted by Crippen LogP contribution is 2.28. The Kier molecular flexibility index (Phi) is 10.4. The molecule has 0 radical (unpaired) electrons. The van der Waals surface area contributed by atoms with Crippen molar-refractivity contribution < 1.29 is 16.8 Å². The monoisotopic (exact) mass is 610 g/mol. The first-order chi connectivity index (χ1) is 20.6. The summed E-state index contributed by atoms with van der Waals surface area (Å²) >= 11 is 0. The summed E-state index contributed by atoms with van der Waals surface area (Å²) in [6.45, 7) is 7.38. The summed E-state index contributed by atoms with van der Waals surface area (Å²) in [4.78, 5) is 0.199. The number of nitrogens with zero attached hydrogens (tertiary/aromatic N) is 2. The Morgan fingerprint density at radius 2 is 1.21 bits per heavy atom. The zero-order valence-corrected chi connectivity index (χ0v) is 25.8. The second kappa shape index (κ2) is 14.2. The van der Waals surface area contributed by atoms with Crippen LogP contribution in [0.1, 0.15) is 28.3 Å². The second-order valence-corrected chi connectivity index (χ2v) is 13.7. The van der Waals surface area contributed by atoms with E-state index in [9.17, 15) is 16.8 Å². The van der Waals surface area contributed by atoms with Gasteiger partial charge in [-0.25, -0.2) is 21.1 Å². The van der Waals surface area contributed by atoms with E-state index in [0.29, 0.717) is 5.56 Å². The van der Waals surface area contributed by atoms with Crippen molar-refractivity contribution in [2.75, 3.05) is 13.1 Å². The van der Waals surface area contributed by atoms with Crippen molar-refractivity contribution >= 4 is 26.1 Å². The van der Waals surface area contributed by atoms with E-state index < -0.39 is 26.1 Å². The number of sulfonamides is 2. The molecule has 0 saturated carbocycles. The number of hydrogen-bond acceptors (Lipinski definition) is 4. The number of hydrogen-bond donors (Lipinski definition) is 0. The predicted molar refractivity (Wildman–Crippen MR) is 173 cm³/mol. The Morgan fingerprint density at radius 1 is 0.698 bits per heavy atom. The van der Waals surface area contributed by atoms with E-state index in [-0.39, 0.29) is 22.9 Å². The molecule has 0 fully saturated rings. The first kappa shape index (κ1) is 31.5. The smallest absolute Gasteiger partial charge is 0.221 e. The van der Waals surface area contributed by atoms with Gasteiger partial charge in [0.05, 0.1) is 16.3 Å². The van der Waals surface area contributed by atoms with Crippen molar-refractivity contribution in [2.45, 2.75) is 29.7 Å². The molecule has 0 spiro atoms. The molecule has 4 aromatic carbocycles. The summed E-state index contributed by atoms with van der Waals surface area (Å²) in [6.07, 6.45) is 5.06. The van der Waals surface area contributed by atoms with Gasteiger partial charge in [-0.15, -0.1) is 6.58 Å². The lowest BCUT2D eigenvalue weighted by molar-refractivity contribution is 0.405. The fourth-order valence-electron chi connectivity index (χ4n) is 4.29. The van der Waals surface area contributed by atoms with Crippen molar-refractivity contribution in [3.63, 3.8) is 0 Å². The van der Waals surface area contributed by atoms with Crippen LogP contribution in [0.2, 0.25) is 0 Å². The van der Waals surface area contributed by atoms with Gasteiger partial charge in [-0.05, 0) is 49.2 Å². The third kappa shape index (κ3) is 7.90. The molecule has 8 heteroatoms. The number of aryl methyl sites for hydroxylation is 2. The van der Waals surface area contributed by atoms with Gasteiger partial charge < -0.3 is 0 Å². The van der Waals surface area contributed by atoms with Crippen LogP contribution in [0.5, 0.6) is 0 Å². The van der Waals surface area contributed by atoms with E-state index in [1.807, 2.05) is 56.3 Å². The molecular weight excluding hydrogens is 577 g/mol. The number of benzene rings is 4. The van der Waals surface area contributed by atoms with Crippen LogP contribution in [-0.4, -0.2) is 38.5 Å². The van der Waals surface area contributed by atoms with Crippen LogP contribution < -0.4 is 0 Å². The van der Waals surface area contributed by atoms with Crippen molar-refractivity contribution in [1.82, 2.24) is 8.61 Å². The Bertz CT molecular complexity index is 1820. The minimum Gasteiger partial charge on any atom is -0.221 e. The molecule has 0 amide bonds. The van der Waals surface area contributed by atoms with Crippen molar-refractivity contribution in [3.8, 4) is 12.0 Å². The van der Waals surface area contributed by atoms with Crippen LogP contribution in [-0.2, 0) is 20.0 Å². The van der Waals surface area contributed by atoms with Crippen molar-refractivity contribution in [3.05, 3.63) is 150 Å². The van der Waals surface area contributed by atoms with Crippen LogP contribution in [0, 0.1) is 25.8 Å². The van der Waals surface area contributed by atoms with E-state index in [1.165, 1.54) is 22.5 Å². The van der Waals surface area contributed by atoms with Crippen molar-refractivity contribution in [2.24, 2.45) is 0 Å². The Labute approximate surface area is 255 Å². The second-order valence-electron chi connectivity index (χ2n) is 9.91. The SMILES string of the molecule is C=CCN(C#CC(c1ccccc1)N(C/C=C/c1ccccc1)S(=O)(=O)c1ccc(C)cc1)S(=O)(=O)c1ccc(C)cc1. The summed E-state index contributed by atoms with van der Waals surface area (Å²) in [6, 6.07) is 33.4. The molecule has 1 unspecified atom stereocenters. The molecule has 0 aromatic heterocycles. The first-order valence-electron chi connectivity index (χ1n) is 13.7. The fraction of sp³-hybridized carbons (Fsp3) is 0.143. The average Bonchev–Trinajstić information content (AvgIpc) is 3.01. The van der Waals surface area contributed by atoms with Gasteiger partial charge in [-0.3, -0.25) is 0 Å².